The molecule has 0 N–H and O–H groups in total. The Morgan fingerprint density at radius 2 is 1.33 bits per heavy atom. The van der Waals surface area contributed by atoms with Crippen LogP contribution in [-0.2, 0) is 13.1 Å². The van der Waals surface area contributed by atoms with E-state index >= 15 is 0 Å². The molecule has 6 rings (SSSR count). The van der Waals surface area contributed by atoms with E-state index in [4.69, 9.17) is 19.7 Å². The number of aromatic nitrogens is 5. The summed E-state index contributed by atoms with van der Waals surface area (Å²) in [5, 5.41) is 0.495. The van der Waals surface area contributed by atoms with Gasteiger partial charge in [-0.05, 0) is 49.2 Å². The van der Waals surface area contributed by atoms with Crippen LogP contribution in [0.25, 0.3) is 33.2 Å². The molecule has 0 saturated carbocycles. The molecule has 3 heterocycles. The molecule has 0 spiro atoms. The number of hydrogen-bond donors (Lipinski definition) is 0. The maximum atomic E-state index is 13.9. The molecule has 36 heavy (non-hydrogen) atoms. The molecule has 3 aromatic carbocycles. The summed E-state index contributed by atoms with van der Waals surface area (Å²) < 4.78 is 9.03. The van der Waals surface area contributed by atoms with Gasteiger partial charge in [-0.25, -0.2) is 15.0 Å². The highest BCUT2D eigenvalue weighted by atomic mass is 16.5. The van der Waals surface area contributed by atoms with Crippen LogP contribution in [0.5, 0.6) is 5.75 Å². The van der Waals surface area contributed by atoms with Crippen molar-refractivity contribution in [3.8, 4) is 5.75 Å². The standard InChI is InChI=1S/C29H25N5O2/c1-18-8-10-20(11-9-18)16-33-19(2)30-27-25(29(33)35)26-28(32-24-7-5-4-6-23(24)31-26)34(27)17-21-12-14-22(36-3)15-13-21/h4-15H,16-17H2,1-3H3. The van der Waals surface area contributed by atoms with Crippen molar-refractivity contribution in [2.24, 2.45) is 0 Å². The van der Waals surface area contributed by atoms with Crippen LogP contribution >= 0.6 is 0 Å². The predicted octanol–water partition coefficient (Wildman–Crippen LogP) is 5.02. The quantitative estimate of drug-likeness (QED) is 0.350. The second kappa shape index (κ2) is 8.61. The third-order valence-electron chi connectivity index (χ3n) is 6.60. The van der Waals surface area contributed by atoms with Gasteiger partial charge >= 0.3 is 0 Å². The summed E-state index contributed by atoms with van der Waals surface area (Å²) in [6.07, 6.45) is 0. The van der Waals surface area contributed by atoms with Crippen LogP contribution in [0, 0.1) is 13.8 Å². The van der Waals surface area contributed by atoms with Crippen LogP contribution in [0.2, 0.25) is 0 Å². The van der Waals surface area contributed by atoms with Gasteiger partial charge in [0.15, 0.2) is 11.3 Å². The molecule has 0 unspecified atom stereocenters. The van der Waals surface area contributed by atoms with Crippen LogP contribution in [-0.4, -0.2) is 31.2 Å². The van der Waals surface area contributed by atoms with E-state index in [-0.39, 0.29) is 5.56 Å². The lowest BCUT2D eigenvalue weighted by Crippen LogP contribution is -2.24. The van der Waals surface area contributed by atoms with Gasteiger partial charge in [0.05, 0.1) is 31.2 Å². The van der Waals surface area contributed by atoms with Crippen molar-refractivity contribution in [3.05, 3.63) is 106 Å². The van der Waals surface area contributed by atoms with Crippen LogP contribution in [0.4, 0.5) is 0 Å². The smallest absolute Gasteiger partial charge is 0.265 e. The number of benzene rings is 3. The first kappa shape index (κ1) is 22.0. The number of nitrogens with zero attached hydrogens (tertiary/aromatic N) is 5. The maximum Gasteiger partial charge on any atom is 0.265 e. The first-order chi connectivity index (χ1) is 17.5. The molecular weight excluding hydrogens is 450 g/mol. The zero-order valence-corrected chi connectivity index (χ0v) is 20.4. The summed E-state index contributed by atoms with van der Waals surface area (Å²) in [7, 11) is 1.65. The van der Waals surface area contributed by atoms with Gasteiger partial charge in [0.2, 0.25) is 0 Å². The Kier molecular flexibility index (Phi) is 5.25. The molecule has 0 aliphatic rings. The first-order valence-electron chi connectivity index (χ1n) is 11.9. The third kappa shape index (κ3) is 3.69. The van der Waals surface area contributed by atoms with Gasteiger partial charge in [0, 0.05) is 0 Å². The number of fused-ring (bicyclic) bond motifs is 4. The fraction of sp³-hybridized carbons (Fsp3) is 0.172. The van der Waals surface area contributed by atoms with Crippen molar-refractivity contribution in [1.82, 2.24) is 24.1 Å². The maximum absolute atomic E-state index is 13.9. The molecule has 178 valence electrons. The fourth-order valence-electron chi connectivity index (χ4n) is 4.62. The Balaban J connectivity index is 1.60. The highest BCUT2D eigenvalue weighted by molar-refractivity contribution is 6.04. The lowest BCUT2D eigenvalue weighted by atomic mass is 10.1. The van der Waals surface area contributed by atoms with Gasteiger partial charge in [0.1, 0.15) is 22.5 Å². The summed E-state index contributed by atoms with van der Waals surface area (Å²) in [5.41, 5.74) is 6.52. The lowest BCUT2D eigenvalue weighted by Gasteiger charge is -2.11. The Labute approximate surface area is 207 Å². The topological polar surface area (TPSA) is 74.8 Å². The van der Waals surface area contributed by atoms with Crippen molar-refractivity contribution in [2.75, 3.05) is 7.11 Å². The molecule has 0 fully saturated rings. The molecular formula is C29H25N5O2. The Hall–Kier alpha value is -4.52. The van der Waals surface area contributed by atoms with Crippen LogP contribution in [0.3, 0.4) is 0 Å². The minimum absolute atomic E-state index is 0.110. The van der Waals surface area contributed by atoms with Gasteiger partial charge in [-0.2, -0.15) is 0 Å². The van der Waals surface area contributed by atoms with Gasteiger partial charge < -0.3 is 9.30 Å². The van der Waals surface area contributed by atoms with Crippen LogP contribution in [0.15, 0.2) is 77.6 Å². The molecule has 7 nitrogen and oxygen atoms in total. The van der Waals surface area contributed by atoms with Crippen molar-refractivity contribution < 1.29 is 4.74 Å². The van der Waals surface area contributed by atoms with E-state index in [0.717, 1.165) is 27.9 Å². The SMILES string of the molecule is COc1ccc(Cn2c3nc4ccccc4nc3c3c(=O)n(Cc4ccc(C)cc4)c(C)nc32)cc1. The normalized spacial score (nSPS) is 11.5. The predicted molar refractivity (Wildman–Crippen MR) is 142 cm³/mol. The third-order valence-corrected chi connectivity index (χ3v) is 6.60. The Bertz CT molecular complexity index is 1800. The monoisotopic (exact) mass is 475 g/mol. The number of para-hydroxylation sites is 2. The van der Waals surface area contributed by atoms with E-state index < -0.39 is 0 Å². The second-order valence-electron chi connectivity index (χ2n) is 9.05. The summed E-state index contributed by atoms with van der Waals surface area (Å²) in [6.45, 7) is 4.88. The van der Waals surface area contributed by atoms with Gasteiger partial charge in [-0.1, -0.05) is 54.1 Å². The zero-order chi connectivity index (χ0) is 24.8. The lowest BCUT2D eigenvalue weighted by molar-refractivity contribution is 0.414. The number of methoxy groups -OCH3 is 1. The zero-order valence-electron chi connectivity index (χ0n) is 20.4. The van der Waals surface area contributed by atoms with Gasteiger partial charge in [-0.3, -0.25) is 9.36 Å². The van der Waals surface area contributed by atoms with Crippen molar-refractivity contribution >= 4 is 33.2 Å². The summed E-state index contributed by atoms with van der Waals surface area (Å²) in [6, 6.07) is 23.8. The average molecular weight is 476 g/mol. The van der Waals surface area contributed by atoms with E-state index in [1.165, 1.54) is 5.56 Å². The van der Waals surface area contributed by atoms with E-state index in [2.05, 4.69) is 19.1 Å². The van der Waals surface area contributed by atoms with Gasteiger partial charge in [0.25, 0.3) is 5.56 Å². The molecule has 0 aliphatic heterocycles. The average Bonchev–Trinajstić information content (AvgIpc) is 3.18. The molecule has 0 radical (unpaired) electrons. The van der Waals surface area contributed by atoms with E-state index in [1.54, 1.807) is 11.7 Å². The first-order valence-corrected chi connectivity index (χ1v) is 11.9. The molecule has 6 aromatic rings. The van der Waals surface area contributed by atoms with Crippen molar-refractivity contribution in [3.63, 3.8) is 0 Å². The molecule has 0 amide bonds. The molecule has 0 aliphatic carbocycles. The molecule has 3 aromatic heterocycles. The summed E-state index contributed by atoms with van der Waals surface area (Å²) in [5.74, 6) is 1.44. The van der Waals surface area contributed by atoms with E-state index in [9.17, 15) is 4.79 Å². The number of hydrogen-bond acceptors (Lipinski definition) is 5. The minimum Gasteiger partial charge on any atom is -0.497 e. The van der Waals surface area contributed by atoms with Crippen LogP contribution in [0.1, 0.15) is 22.5 Å². The largest absolute Gasteiger partial charge is 0.497 e. The van der Waals surface area contributed by atoms with Crippen molar-refractivity contribution in [1.29, 1.82) is 0 Å². The van der Waals surface area contributed by atoms with E-state index in [1.807, 2.05) is 72.2 Å². The Morgan fingerprint density at radius 3 is 2.00 bits per heavy atom. The molecule has 0 bridgehead atoms. The Morgan fingerprint density at radius 1 is 0.722 bits per heavy atom. The highest BCUT2D eigenvalue weighted by Gasteiger charge is 2.21. The minimum atomic E-state index is -0.110. The molecule has 0 atom stereocenters. The molecule has 7 heteroatoms. The number of aryl methyl sites for hydroxylation is 2. The number of rotatable bonds is 5. The second-order valence-corrected chi connectivity index (χ2v) is 9.05. The highest BCUT2D eigenvalue weighted by Crippen LogP contribution is 2.27. The number of ether oxygens (including phenoxy) is 1. The molecule has 0 saturated heterocycles. The van der Waals surface area contributed by atoms with E-state index in [0.29, 0.717) is 41.1 Å². The van der Waals surface area contributed by atoms with Gasteiger partial charge in [-0.15, -0.1) is 0 Å². The fourth-order valence-corrected chi connectivity index (χ4v) is 4.62. The van der Waals surface area contributed by atoms with Crippen LogP contribution < -0.4 is 10.3 Å². The summed E-state index contributed by atoms with van der Waals surface area (Å²) in [4.78, 5) is 28.7. The van der Waals surface area contributed by atoms with Crippen molar-refractivity contribution in [2.45, 2.75) is 26.9 Å². The summed E-state index contributed by atoms with van der Waals surface area (Å²) >= 11 is 0.